The van der Waals surface area contributed by atoms with Gasteiger partial charge in [-0.05, 0) is 25.3 Å². The van der Waals surface area contributed by atoms with E-state index < -0.39 is 0 Å². The van der Waals surface area contributed by atoms with E-state index in [1.807, 2.05) is 18.3 Å². The molecule has 0 bridgehead atoms. The first-order valence-corrected chi connectivity index (χ1v) is 9.94. The summed E-state index contributed by atoms with van der Waals surface area (Å²) >= 11 is 0. The van der Waals surface area contributed by atoms with Gasteiger partial charge in [0, 0.05) is 44.9 Å². The van der Waals surface area contributed by atoms with Gasteiger partial charge in [-0.2, -0.15) is 0 Å². The maximum absolute atomic E-state index is 5.68. The van der Waals surface area contributed by atoms with E-state index in [0.29, 0.717) is 38.2 Å². The van der Waals surface area contributed by atoms with Gasteiger partial charge in [-0.3, -0.25) is 0 Å². The molecule has 160 valence electrons. The highest BCUT2D eigenvalue weighted by Gasteiger charge is 2.24. The molecule has 1 aromatic rings. The first-order chi connectivity index (χ1) is 13.3. The Kier molecular flexibility index (Phi) is 13.2. The summed E-state index contributed by atoms with van der Waals surface area (Å²) in [6, 6.07) is 3.94. The second-order valence-electron chi connectivity index (χ2n) is 6.69. The van der Waals surface area contributed by atoms with Crippen LogP contribution in [0.15, 0.2) is 23.3 Å². The molecule has 1 fully saturated rings. The molecule has 8 heteroatoms. The lowest BCUT2D eigenvalue weighted by Gasteiger charge is -2.21. The number of nitrogens with one attached hydrogen (secondary N) is 1. The maximum atomic E-state index is 5.68. The SMILES string of the molecule is CCCOc1ccc(CN=C(NCC)N2CCC(COCCOC)C2)cn1.I. The third-order valence-corrected chi connectivity index (χ3v) is 4.37. The van der Waals surface area contributed by atoms with Gasteiger partial charge in [0.25, 0.3) is 0 Å². The summed E-state index contributed by atoms with van der Waals surface area (Å²) in [7, 11) is 1.70. The van der Waals surface area contributed by atoms with Gasteiger partial charge in [-0.1, -0.05) is 13.0 Å². The van der Waals surface area contributed by atoms with Crippen molar-refractivity contribution >= 4 is 29.9 Å². The summed E-state index contributed by atoms with van der Waals surface area (Å²) in [4.78, 5) is 11.5. The molecule has 1 aliphatic rings. The van der Waals surface area contributed by atoms with Crippen molar-refractivity contribution in [3.8, 4) is 5.88 Å². The van der Waals surface area contributed by atoms with Crippen LogP contribution in [0.2, 0.25) is 0 Å². The first kappa shape index (κ1) is 24.9. The highest BCUT2D eigenvalue weighted by molar-refractivity contribution is 14.0. The standard InChI is InChI=1S/C20H34N4O3.HI/c1-4-10-27-19-7-6-17(13-22-19)14-23-20(21-5-2)24-9-8-18(15-24)16-26-12-11-25-3;/h6-7,13,18H,4-5,8-12,14-16H2,1-3H3,(H,21,23);1H. The van der Waals surface area contributed by atoms with Crippen molar-refractivity contribution < 1.29 is 14.2 Å². The predicted molar refractivity (Wildman–Crippen MR) is 123 cm³/mol. The largest absolute Gasteiger partial charge is 0.478 e. The number of halogens is 1. The average Bonchev–Trinajstić information content (AvgIpc) is 3.16. The van der Waals surface area contributed by atoms with E-state index in [2.05, 4.69) is 29.0 Å². The van der Waals surface area contributed by atoms with Gasteiger partial charge >= 0.3 is 0 Å². The Morgan fingerprint density at radius 3 is 2.82 bits per heavy atom. The molecular weight excluding hydrogens is 471 g/mol. The van der Waals surface area contributed by atoms with Gasteiger partial charge in [0.1, 0.15) is 0 Å². The van der Waals surface area contributed by atoms with Crippen molar-refractivity contribution in [2.75, 3.05) is 53.2 Å². The molecule has 7 nitrogen and oxygen atoms in total. The van der Waals surface area contributed by atoms with Crippen molar-refractivity contribution in [2.45, 2.75) is 33.2 Å². The van der Waals surface area contributed by atoms with E-state index in [1.165, 1.54) is 0 Å². The van der Waals surface area contributed by atoms with Crippen LogP contribution < -0.4 is 10.1 Å². The molecule has 1 aromatic heterocycles. The van der Waals surface area contributed by atoms with Crippen molar-refractivity contribution in [1.29, 1.82) is 0 Å². The van der Waals surface area contributed by atoms with Crippen LogP contribution in [0.5, 0.6) is 5.88 Å². The molecule has 0 radical (unpaired) electrons. The number of guanidine groups is 1. The Labute approximate surface area is 186 Å². The molecule has 0 spiro atoms. The maximum Gasteiger partial charge on any atom is 0.213 e. The van der Waals surface area contributed by atoms with Crippen molar-refractivity contribution in [3.63, 3.8) is 0 Å². The van der Waals surface area contributed by atoms with Gasteiger partial charge < -0.3 is 24.4 Å². The van der Waals surface area contributed by atoms with E-state index in [1.54, 1.807) is 7.11 Å². The van der Waals surface area contributed by atoms with Crippen LogP contribution in [0, 0.1) is 5.92 Å². The normalized spacial score (nSPS) is 16.8. The Hall–Kier alpha value is -1.13. The molecule has 1 saturated heterocycles. The Morgan fingerprint density at radius 2 is 2.14 bits per heavy atom. The lowest BCUT2D eigenvalue weighted by Crippen LogP contribution is -2.40. The smallest absolute Gasteiger partial charge is 0.213 e. The predicted octanol–water partition coefficient (Wildman–Crippen LogP) is 2.94. The first-order valence-electron chi connectivity index (χ1n) is 9.94. The highest BCUT2D eigenvalue weighted by atomic mass is 127. The lowest BCUT2D eigenvalue weighted by molar-refractivity contribution is 0.0536. The van der Waals surface area contributed by atoms with Crippen molar-refractivity contribution in [3.05, 3.63) is 23.9 Å². The number of aliphatic imine (C=N–C) groups is 1. The number of likely N-dealkylation sites (tertiary alicyclic amines) is 1. The summed E-state index contributed by atoms with van der Waals surface area (Å²) in [6.07, 6.45) is 3.95. The number of ether oxygens (including phenoxy) is 3. The summed E-state index contributed by atoms with van der Waals surface area (Å²) in [5, 5.41) is 3.40. The third kappa shape index (κ3) is 8.91. The number of hydrogen-bond acceptors (Lipinski definition) is 5. The van der Waals surface area contributed by atoms with Crippen LogP contribution in [-0.2, 0) is 16.0 Å². The van der Waals surface area contributed by atoms with Gasteiger partial charge in [0.05, 0.1) is 33.0 Å². The molecule has 1 unspecified atom stereocenters. The van der Waals surface area contributed by atoms with Crippen LogP contribution in [0.4, 0.5) is 0 Å². The summed E-state index contributed by atoms with van der Waals surface area (Å²) in [5.74, 6) is 2.18. The molecule has 0 amide bonds. The number of rotatable bonds is 11. The van der Waals surface area contributed by atoms with Crippen molar-refractivity contribution in [1.82, 2.24) is 15.2 Å². The summed E-state index contributed by atoms with van der Waals surface area (Å²) in [5.41, 5.74) is 1.08. The number of aromatic nitrogens is 1. The topological polar surface area (TPSA) is 68.2 Å². The van der Waals surface area contributed by atoms with Gasteiger partial charge in [0.15, 0.2) is 5.96 Å². The van der Waals surface area contributed by atoms with Crippen LogP contribution in [-0.4, -0.2) is 69.0 Å². The fourth-order valence-corrected chi connectivity index (χ4v) is 2.94. The van der Waals surface area contributed by atoms with Crippen LogP contribution >= 0.6 is 24.0 Å². The Bertz CT molecular complexity index is 557. The van der Waals surface area contributed by atoms with Crippen molar-refractivity contribution in [2.24, 2.45) is 10.9 Å². The minimum Gasteiger partial charge on any atom is -0.478 e. The third-order valence-electron chi connectivity index (χ3n) is 4.37. The van der Waals surface area contributed by atoms with E-state index >= 15 is 0 Å². The van der Waals surface area contributed by atoms with E-state index in [0.717, 1.165) is 50.6 Å². The molecule has 1 atom stereocenters. The minimum atomic E-state index is 0. The Balaban J connectivity index is 0.00000392. The van der Waals surface area contributed by atoms with Crippen LogP contribution in [0.25, 0.3) is 0 Å². The molecule has 2 rings (SSSR count). The van der Waals surface area contributed by atoms with Gasteiger partial charge in [-0.15, -0.1) is 24.0 Å². The van der Waals surface area contributed by atoms with E-state index in [9.17, 15) is 0 Å². The average molecular weight is 506 g/mol. The number of hydrogen-bond donors (Lipinski definition) is 1. The molecule has 0 aromatic carbocycles. The number of methoxy groups -OCH3 is 1. The fraction of sp³-hybridized carbons (Fsp3) is 0.700. The minimum absolute atomic E-state index is 0. The van der Waals surface area contributed by atoms with Gasteiger partial charge in [-0.25, -0.2) is 9.98 Å². The van der Waals surface area contributed by atoms with Crippen LogP contribution in [0.1, 0.15) is 32.3 Å². The molecular formula is C20H35IN4O3. The molecule has 0 saturated carbocycles. The number of pyridine rings is 1. The lowest BCUT2D eigenvalue weighted by atomic mass is 10.1. The monoisotopic (exact) mass is 506 g/mol. The Morgan fingerprint density at radius 1 is 1.29 bits per heavy atom. The molecule has 28 heavy (non-hydrogen) atoms. The molecule has 1 aliphatic heterocycles. The highest BCUT2D eigenvalue weighted by Crippen LogP contribution is 2.17. The number of nitrogens with zero attached hydrogens (tertiary/aromatic N) is 3. The zero-order valence-corrected chi connectivity index (χ0v) is 19.7. The summed E-state index contributed by atoms with van der Waals surface area (Å²) in [6.45, 7) is 10.4. The van der Waals surface area contributed by atoms with E-state index in [4.69, 9.17) is 19.2 Å². The fourth-order valence-electron chi connectivity index (χ4n) is 2.94. The molecule has 0 aliphatic carbocycles. The van der Waals surface area contributed by atoms with Gasteiger partial charge in [0.2, 0.25) is 5.88 Å². The molecule has 1 N–H and O–H groups in total. The van der Waals surface area contributed by atoms with E-state index in [-0.39, 0.29) is 24.0 Å². The summed E-state index contributed by atoms with van der Waals surface area (Å²) < 4.78 is 16.2. The second-order valence-corrected chi connectivity index (χ2v) is 6.69. The zero-order chi connectivity index (χ0) is 19.3. The zero-order valence-electron chi connectivity index (χ0n) is 17.4. The van der Waals surface area contributed by atoms with Crippen LogP contribution in [0.3, 0.4) is 0 Å². The molecule has 2 heterocycles. The quantitative estimate of drug-likeness (QED) is 0.216. The second kappa shape index (κ2) is 14.8.